The zero-order chi connectivity index (χ0) is 21.0. The number of benzene rings is 2. The SMILES string of the molecule is O=C(c1ccccc1)N1CCCc2ccc(NC(=O)C34CC5CC(CC(C5)C3)C4)cc21. The van der Waals surface area contributed by atoms with E-state index in [1.165, 1.54) is 24.8 Å². The molecule has 4 heteroatoms. The summed E-state index contributed by atoms with van der Waals surface area (Å²) in [4.78, 5) is 28.5. The van der Waals surface area contributed by atoms with Crippen molar-refractivity contribution in [2.75, 3.05) is 16.8 Å². The maximum absolute atomic E-state index is 13.5. The Morgan fingerprint density at radius 2 is 1.58 bits per heavy atom. The van der Waals surface area contributed by atoms with E-state index < -0.39 is 0 Å². The Balaban J connectivity index is 1.26. The molecule has 1 aliphatic heterocycles. The summed E-state index contributed by atoms with van der Waals surface area (Å²) >= 11 is 0. The van der Waals surface area contributed by atoms with Gasteiger partial charge in [-0.3, -0.25) is 9.59 Å². The third-order valence-corrected chi connectivity index (χ3v) is 8.25. The molecule has 2 aromatic rings. The molecule has 2 amide bonds. The number of carbonyl (C=O) groups is 2. The highest BCUT2D eigenvalue weighted by molar-refractivity contribution is 6.07. The van der Waals surface area contributed by atoms with E-state index in [1.807, 2.05) is 47.4 Å². The lowest BCUT2D eigenvalue weighted by Crippen LogP contribution is -2.51. The van der Waals surface area contributed by atoms with Crippen LogP contribution in [0.5, 0.6) is 0 Å². The summed E-state index contributed by atoms with van der Waals surface area (Å²) in [7, 11) is 0. The second-order valence-corrected chi connectivity index (χ2v) is 10.4. The first kappa shape index (κ1) is 19.1. The van der Waals surface area contributed by atoms with Crippen molar-refractivity contribution in [1.82, 2.24) is 0 Å². The molecule has 0 spiro atoms. The predicted octanol–water partition coefficient (Wildman–Crippen LogP) is 5.43. The molecule has 0 atom stereocenters. The molecule has 160 valence electrons. The van der Waals surface area contributed by atoms with E-state index in [4.69, 9.17) is 0 Å². The largest absolute Gasteiger partial charge is 0.326 e. The van der Waals surface area contributed by atoms with Crippen LogP contribution in [0.25, 0.3) is 0 Å². The van der Waals surface area contributed by atoms with Crippen LogP contribution in [0.1, 0.15) is 60.9 Å². The topological polar surface area (TPSA) is 49.4 Å². The summed E-state index contributed by atoms with van der Waals surface area (Å²) < 4.78 is 0. The van der Waals surface area contributed by atoms with Crippen molar-refractivity contribution in [3.8, 4) is 0 Å². The summed E-state index contributed by atoms with van der Waals surface area (Å²) in [6, 6.07) is 15.6. The number of rotatable bonds is 3. The van der Waals surface area contributed by atoms with Gasteiger partial charge in [-0.25, -0.2) is 0 Å². The van der Waals surface area contributed by atoms with Gasteiger partial charge in [0.05, 0.1) is 5.41 Å². The van der Waals surface area contributed by atoms with Crippen molar-refractivity contribution in [2.45, 2.75) is 51.4 Å². The molecule has 4 fully saturated rings. The van der Waals surface area contributed by atoms with E-state index in [9.17, 15) is 9.59 Å². The van der Waals surface area contributed by atoms with E-state index in [1.54, 1.807) is 0 Å². The summed E-state index contributed by atoms with van der Waals surface area (Å²) in [6.45, 7) is 0.715. The zero-order valence-corrected chi connectivity index (χ0v) is 18.0. The minimum atomic E-state index is -0.163. The molecule has 0 aromatic heterocycles. The number of hydrogen-bond acceptors (Lipinski definition) is 2. The van der Waals surface area contributed by atoms with Crippen LogP contribution in [0.15, 0.2) is 48.5 Å². The number of aryl methyl sites for hydroxylation is 1. The molecule has 1 N–H and O–H groups in total. The zero-order valence-electron chi connectivity index (χ0n) is 18.0. The molecule has 5 aliphatic rings. The Labute approximate surface area is 184 Å². The van der Waals surface area contributed by atoms with Gasteiger partial charge in [-0.05, 0) is 98.9 Å². The molecular formula is C27H30N2O2. The van der Waals surface area contributed by atoms with E-state index in [2.05, 4.69) is 11.4 Å². The first-order valence-corrected chi connectivity index (χ1v) is 11.9. The third-order valence-electron chi connectivity index (χ3n) is 8.25. The van der Waals surface area contributed by atoms with Crippen molar-refractivity contribution >= 4 is 23.2 Å². The highest BCUT2D eigenvalue weighted by atomic mass is 16.2. The van der Waals surface area contributed by atoms with Crippen molar-refractivity contribution in [3.05, 3.63) is 59.7 Å². The third kappa shape index (κ3) is 3.28. The van der Waals surface area contributed by atoms with Gasteiger partial charge in [0, 0.05) is 23.5 Å². The van der Waals surface area contributed by atoms with Gasteiger partial charge in [-0.15, -0.1) is 0 Å². The normalized spacial score (nSPS) is 30.7. The van der Waals surface area contributed by atoms with Gasteiger partial charge in [-0.1, -0.05) is 24.3 Å². The summed E-state index contributed by atoms with van der Waals surface area (Å²) in [5.41, 5.74) is 3.50. The molecule has 1 heterocycles. The van der Waals surface area contributed by atoms with Gasteiger partial charge in [0.2, 0.25) is 5.91 Å². The lowest BCUT2D eigenvalue weighted by molar-refractivity contribution is -0.140. The van der Waals surface area contributed by atoms with Crippen LogP contribution in [0.4, 0.5) is 11.4 Å². The van der Waals surface area contributed by atoms with Gasteiger partial charge >= 0.3 is 0 Å². The van der Waals surface area contributed by atoms with Gasteiger partial charge < -0.3 is 10.2 Å². The lowest BCUT2D eigenvalue weighted by atomic mass is 9.49. The van der Waals surface area contributed by atoms with Gasteiger partial charge in [-0.2, -0.15) is 0 Å². The van der Waals surface area contributed by atoms with E-state index >= 15 is 0 Å². The monoisotopic (exact) mass is 414 g/mol. The highest BCUT2D eigenvalue weighted by Gasteiger charge is 2.54. The van der Waals surface area contributed by atoms with Crippen molar-refractivity contribution < 1.29 is 9.59 Å². The van der Waals surface area contributed by atoms with Gasteiger partial charge in [0.15, 0.2) is 0 Å². The smallest absolute Gasteiger partial charge is 0.258 e. The molecule has 4 nitrogen and oxygen atoms in total. The summed E-state index contributed by atoms with van der Waals surface area (Å²) in [5.74, 6) is 2.49. The van der Waals surface area contributed by atoms with E-state index in [0.717, 1.165) is 61.2 Å². The highest BCUT2D eigenvalue weighted by Crippen LogP contribution is 2.60. The van der Waals surface area contributed by atoms with Crippen LogP contribution < -0.4 is 10.2 Å². The average molecular weight is 415 g/mol. The fourth-order valence-electron chi connectivity index (χ4n) is 7.25. The maximum Gasteiger partial charge on any atom is 0.258 e. The molecule has 4 saturated carbocycles. The molecule has 7 rings (SSSR count). The van der Waals surface area contributed by atoms with E-state index in [-0.39, 0.29) is 17.2 Å². The van der Waals surface area contributed by atoms with Crippen LogP contribution in [0.2, 0.25) is 0 Å². The molecule has 4 aliphatic carbocycles. The molecule has 0 saturated heterocycles. The number of carbonyl (C=O) groups excluding carboxylic acids is 2. The number of amides is 2. The van der Waals surface area contributed by atoms with Crippen molar-refractivity contribution in [2.24, 2.45) is 23.2 Å². The Kier molecular flexibility index (Phi) is 4.45. The van der Waals surface area contributed by atoms with Crippen LogP contribution in [-0.2, 0) is 11.2 Å². The van der Waals surface area contributed by atoms with Crippen LogP contribution in [0.3, 0.4) is 0 Å². The lowest BCUT2D eigenvalue weighted by Gasteiger charge is -2.55. The Hall–Kier alpha value is -2.62. The molecule has 4 bridgehead atoms. The van der Waals surface area contributed by atoms with E-state index in [0.29, 0.717) is 12.1 Å². The van der Waals surface area contributed by atoms with Crippen molar-refractivity contribution in [3.63, 3.8) is 0 Å². The van der Waals surface area contributed by atoms with Crippen molar-refractivity contribution in [1.29, 1.82) is 0 Å². The fraction of sp³-hybridized carbons (Fsp3) is 0.481. The molecular weight excluding hydrogens is 384 g/mol. The van der Waals surface area contributed by atoms with Crippen LogP contribution in [0, 0.1) is 23.2 Å². The Morgan fingerprint density at radius 3 is 2.26 bits per heavy atom. The minimum Gasteiger partial charge on any atom is -0.326 e. The number of anilines is 2. The van der Waals surface area contributed by atoms with Crippen LogP contribution in [-0.4, -0.2) is 18.4 Å². The number of hydrogen-bond donors (Lipinski definition) is 1. The first-order valence-electron chi connectivity index (χ1n) is 11.9. The van der Waals surface area contributed by atoms with Crippen LogP contribution >= 0.6 is 0 Å². The Morgan fingerprint density at radius 1 is 0.903 bits per heavy atom. The second kappa shape index (κ2) is 7.22. The maximum atomic E-state index is 13.5. The quantitative estimate of drug-likeness (QED) is 0.728. The first-order chi connectivity index (χ1) is 15.1. The Bertz CT molecular complexity index is 994. The molecule has 31 heavy (non-hydrogen) atoms. The number of nitrogens with one attached hydrogen (secondary N) is 1. The second-order valence-electron chi connectivity index (χ2n) is 10.4. The minimum absolute atomic E-state index is 0.0334. The number of fused-ring (bicyclic) bond motifs is 1. The predicted molar refractivity (Wildman–Crippen MR) is 122 cm³/mol. The molecule has 0 unspecified atom stereocenters. The van der Waals surface area contributed by atoms with Gasteiger partial charge in [0.1, 0.15) is 0 Å². The molecule has 2 aromatic carbocycles. The summed E-state index contributed by atoms with van der Waals surface area (Å²) in [6.07, 6.45) is 9.13. The molecule has 0 radical (unpaired) electrons. The number of nitrogens with zero attached hydrogens (tertiary/aromatic N) is 1. The summed E-state index contributed by atoms with van der Waals surface area (Å²) in [5, 5.41) is 3.27. The average Bonchev–Trinajstić information content (AvgIpc) is 2.78. The fourth-order valence-corrected chi connectivity index (χ4v) is 7.25. The standard InChI is InChI=1S/C27H30N2O2/c30-25(22-5-2-1-3-6-22)29-10-4-7-21-8-9-23(14-24(21)29)28-26(31)27-15-18-11-19(16-27)13-20(12-18)17-27/h1-3,5-6,8-9,14,18-20H,4,7,10-13,15-17H2,(H,28,31). The van der Waals surface area contributed by atoms with Gasteiger partial charge in [0.25, 0.3) is 5.91 Å².